The monoisotopic (exact) mass is 495 g/mol. The summed E-state index contributed by atoms with van der Waals surface area (Å²) in [5.74, 6) is 2.09. The Bertz CT molecular complexity index is 1230. The number of anilines is 2. The van der Waals surface area contributed by atoms with Gasteiger partial charge in [-0.2, -0.15) is 4.98 Å². The van der Waals surface area contributed by atoms with Gasteiger partial charge in [0.2, 0.25) is 11.9 Å². The van der Waals surface area contributed by atoms with Gasteiger partial charge in [0, 0.05) is 22.2 Å². The van der Waals surface area contributed by atoms with Crippen molar-refractivity contribution in [3.8, 4) is 11.5 Å². The van der Waals surface area contributed by atoms with Crippen molar-refractivity contribution in [3.63, 3.8) is 0 Å². The molecule has 0 unspecified atom stereocenters. The van der Waals surface area contributed by atoms with Crippen molar-refractivity contribution in [1.82, 2.24) is 14.8 Å². The molecule has 2 aromatic carbocycles. The number of nitrogen functional groups attached to an aromatic ring is 1. The summed E-state index contributed by atoms with van der Waals surface area (Å²) in [5.41, 5.74) is 9.44. The minimum Gasteiger partial charge on any atom is -0.493 e. The molecule has 0 saturated heterocycles. The zero-order chi connectivity index (χ0) is 22.4. The quantitative estimate of drug-likeness (QED) is 0.562. The van der Waals surface area contributed by atoms with Crippen LogP contribution in [0.15, 0.2) is 58.2 Å². The lowest BCUT2D eigenvalue weighted by Crippen LogP contribution is -2.33. The predicted octanol–water partition coefficient (Wildman–Crippen LogP) is 4.06. The van der Waals surface area contributed by atoms with Crippen LogP contribution in [-0.2, 0) is 4.79 Å². The number of ketones is 1. The van der Waals surface area contributed by atoms with E-state index in [1.54, 1.807) is 18.9 Å². The van der Waals surface area contributed by atoms with E-state index in [2.05, 4.69) is 31.3 Å². The molecule has 5 rings (SSSR count). The maximum Gasteiger partial charge on any atom is 0.241 e. The third-order valence-corrected chi connectivity index (χ3v) is 6.53. The molecule has 9 heteroatoms. The zero-order valence-corrected chi connectivity index (χ0v) is 19.2. The highest BCUT2D eigenvalue weighted by atomic mass is 79.9. The SMILES string of the molecule is COc1ccc([C@H]2CC(=O)C3=C(C2)Nc2nc(N)nn2[C@@H]3c2ccc(Br)cc2)cc1OC. The van der Waals surface area contributed by atoms with E-state index in [-0.39, 0.29) is 23.7 Å². The number of methoxy groups -OCH3 is 2. The van der Waals surface area contributed by atoms with Gasteiger partial charge in [-0.1, -0.05) is 34.1 Å². The highest BCUT2D eigenvalue weighted by Crippen LogP contribution is 2.45. The molecular weight excluding hydrogens is 474 g/mol. The summed E-state index contributed by atoms with van der Waals surface area (Å²) < 4.78 is 13.5. The van der Waals surface area contributed by atoms with E-state index in [0.29, 0.717) is 35.9 Å². The van der Waals surface area contributed by atoms with Gasteiger partial charge in [-0.25, -0.2) is 4.68 Å². The van der Waals surface area contributed by atoms with Crippen LogP contribution >= 0.6 is 15.9 Å². The average molecular weight is 496 g/mol. The standard InChI is InChI=1S/C23H22BrN5O3/c1-31-18-8-5-13(11-19(18)32-2)14-9-16-20(17(30)10-14)21(12-3-6-15(24)7-4-12)29-23(26-16)27-22(25)28-29/h3-8,11,14,21H,9-10H2,1-2H3,(H3,25,26,27,28)/t14-,21-/m1/s1. The minimum absolute atomic E-state index is 0.00550. The first-order valence-electron chi connectivity index (χ1n) is 10.2. The van der Waals surface area contributed by atoms with Crippen molar-refractivity contribution >= 4 is 33.6 Å². The van der Waals surface area contributed by atoms with E-state index in [1.165, 1.54) is 0 Å². The summed E-state index contributed by atoms with van der Waals surface area (Å²) in [4.78, 5) is 17.8. The number of carbonyl (C=O) groups is 1. The maximum atomic E-state index is 13.5. The number of benzene rings is 2. The highest BCUT2D eigenvalue weighted by molar-refractivity contribution is 9.10. The fourth-order valence-corrected chi connectivity index (χ4v) is 4.79. The smallest absolute Gasteiger partial charge is 0.241 e. The summed E-state index contributed by atoms with van der Waals surface area (Å²) in [5, 5.41) is 7.68. The number of nitrogens with zero attached hydrogens (tertiary/aromatic N) is 3. The lowest BCUT2D eigenvalue weighted by atomic mass is 9.78. The van der Waals surface area contributed by atoms with Crippen molar-refractivity contribution in [1.29, 1.82) is 0 Å². The van der Waals surface area contributed by atoms with Gasteiger partial charge in [-0.05, 0) is 47.7 Å². The number of aromatic nitrogens is 3. The van der Waals surface area contributed by atoms with Crippen molar-refractivity contribution in [2.24, 2.45) is 0 Å². The Morgan fingerprint density at radius 3 is 2.50 bits per heavy atom. The maximum absolute atomic E-state index is 13.5. The third-order valence-electron chi connectivity index (χ3n) is 6.00. The minimum atomic E-state index is -0.377. The fraction of sp³-hybridized carbons (Fsp3) is 0.261. The summed E-state index contributed by atoms with van der Waals surface area (Å²) in [6, 6.07) is 13.3. The first-order chi connectivity index (χ1) is 15.5. The Morgan fingerprint density at radius 1 is 1.06 bits per heavy atom. The molecule has 3 aromatic rings. The molecule has 164 valence electrons. The number of fused-ring (bicyclic) bond motifs is 1. The highest BCUT2D eigenvalue weighted by Gasteiger charge is 2.39. The molecule has 32 heavy (non-hydrogen) atoms. The first kappa shape index (κ1) is 20.6. The largest absolute Gasteiger partial charge is 0.493 e. The second kappa shape index (κ2) is 7.98. The van der Waals surface area contributed by atoms with Gasteiger partial charge in [0.25, 0.3) is 0 Å². The summed E-state index contributed by atoms with van der Waals surface area (Å²) in [6.45, 7) is 0. The van der Waals surface area contributed by atoms with Gasteiger partial charge in [-0.15, -0.1) is 5.10 Å². The number of ether oxygens (including phenoxy) is 2. The zero-order valence-electron chi connectivity index (χ0n) is 17.6. The van der Waals surface area contributed by atoms with E-state index in [4.69, 9.17) is 15.2 Å². The number of hydrogen-bond acceptors (Lipinski definition) is 7. The van der Waals surface area contributed by atoms with Crippen molar-refractivity contribution in [3.05, 3.63) is 69.3 Å². The molecule has 1 aliphatic carbocycles. The van der Waals surface area contributed by atoms with E-state index in [1.807, 2.05) is 42.5 Å². The predicted molar refractivity (Wildman–Crippen MR) is 124 cm³/mol. The molecule has 2 aliphatic rings. The van der Waals surface area contributed by atoms with Crippen LogP contribution < -0.4 is 20.5 Å². The number of halogens is 1. The van der Waals surface area contributed by atoms with E-state index in [0.717, 1.165) is 21.3 Å². The molecular formula is C23H22BrN5O3. The number of nitrogens with two attached hydrogens (primary N) is 1. The Morgan fingerprint density at radius 2 is 1.78 bits per heavy atom. The normalized spacial score (nSPS) is 19.8. The van der Waals surface area contributed by atoms with E-state index in [9.17, 15) is 4.79 Å². The van der Waals surface area contributed by atoms with Crippen LogP contribution in [0.25, 0.3) is 0 Å². The number of rotatable bonds is 4. The summed E-state index contributed by atoms with van der Waals surface area (Å²) in [7, 11) is 3.21. The molecule has 0 spiro atoms. The van der Waals surface area contributed by atoms with Gasteiger partial charge in [-0.3, -0.25) is 4.79 Å². The van der Waals surface area contributed by atoms with Gasteiger partial charge >= 0.3 is 0 Å². The molecule has 2 heterocycles. The van der Waals surface area contributed by atoms with Crippen LogP contribution in [-0.4, -0.2) is 34.8 Å². The molecule has 2 atom stereocenters. The average Bonchev–Trinajstić information content (AvgIpc) is 3.17. The van der Waals surface area contributed by atoms with Crippen LogP contribution in [0.5, 0.6) is 11.5 Å². The Labute approximate surface area is 193 Å². The lowest BCUT2D eigenvalue weighted by molar-refractivity contribution is -0.116. The van der Waals surface area contributed by atoms with Gasteiger partial charge in [0.1, 0.15) is 6.04 Å². The van der Waals surface area contributed by atoms with Gasteiger partial charge in [0.15, 0.2) is 17.3 Å². The van der Waals surface area contributed by atoms with Crippen LogP contribution in [0.2, 0.25) is 0 Å². The molecule has 0 fully saturated rings. The summed E-state index contributed by atoms with van der Waals surface area (Å²) in [6.07, 6.45) is 1.05. The van der Waals surface area contributed by atoms with E-state index < -0.39 is 0 Å². The lowest BCUT2D eigenvalue weighted by Gasteiger charge is -2.35. The Kier molecular flexibility index (Phi) is 5.13. The van der Waals surface area contributed by atoms with Crippen molar-refractivity contribution in [2.75, 3.05) is 25.3 Å². The van der Waals surface area contributed by atoms with Crippen molar-refractivity contribution in [2.45, 2.75) is 24.8 Å². The van der Waals surface area contributed by atoms with Crippen LogP contribution in [0.1, 0.15) is 35.9 Å². The number of allylic oxidation sites excluding steroid dienone is 2. The second-order valence-corrected chi connectivity index (χ2v) is 8.77. The van der Waals surface area contributed by atoms with Crippen LogP contribution in [0.4, 0.5) is 11.9 Å². The Balaban J connectivity index is 1.57. The second-order valence-electron chi connectivity index (χ2n) is 7.85. The fourth-order valence-electron chi connectivity index (χ4n) is 4.52. The van der Waals surface area contributed by atoms with E-state index >= 15 is 0 Å². The third kappa shape index (κ3) is 3.42. The van der Waals surface area contributed by atoms with Crippen LogP contribution in [0.3, 0.4) is 0 Å². The summed E-state index contributed by atoms with van der Waals surface area (Å²) >= 11 is 3.48. The number of carbonyl (C=O) groups excluding carboxylic acids is 1. The Hall–Kier alpha value is -3.33. The number of nitrogens with one attached hydrogen (secondary N) is 1. The molecule has 3 N–H and O–H groups in total. The molecule has 1 aliphatic heterocycles. The van der Waals surface area contributed by atoms with Crippen LogP contribution in [0, 0.1) is 0 Å². The van der Waals surface area contributed by atoms with Gasteiger partial charge < -0.3 is 20.5 Å². The molecule has 0 saturated carbocycles. The molecule has 0 amide bonds. The molecule has 0 bridgehead atoms. The topological polar surface area (TPSA) is 104 Å². The van der Waals surface area contributed by atoms with Crippen molar-refractivity contribution < 1.29 is 14.3 Å². The van der Waals surface area contributed by atoms with Gasteiger partial charge in [0.05, 0.1) is 14.2 Å². The number of Topliss-reactive ketones (excluding diaryl/α,β-unsaturated/α-hetero) is 1. The molecule has 8 nitrogen and oxygen atoms in total. The molecule has 1 aromatic heterocycles. The first-order valence-corrected chi connectivity index (χ1v) is 11.0. The number of hydrogen-bond donors (Lipinski definition) is 2. The molecule has 0 radical (unpaired) electrons.